The van der Waals surface area contributed by atoms with E-state index in [-0.39, 0.29) is 5.54 Å². The number of hydrogen-bond donors (Lipinski definition) is 0. The average Bonchev–Trinajstić information content (AvgIpc) is 2.76. The molecule has 166 valence electrons. The Kier molecular flexibility index (Phi) is 6.16. The van der Waals surface area contributed by atoms with Gasteiger partial charge in [0.25, 0.3) is 0 Å². The minimum atomic E-state index is 0.113. The minimum absolute atomic E-state index is 0.113. The van der Waals surface area contributed by atoms with Crippen LogP contribution >= 0.6 is 11.6 Å². The molecule has 1 aliphatic rings. The number of benzene rings is 3. The van der Waals surface area contributed by atoms with E-state index in [1.807, 2.05) is 48.7 Å². The molecule has 1 aliphatic heterocycles. The third-order valence-electron chi connectivity index (χ3n) is 6.21. The van der Waals surface area contributed by atoms with Crippen molar-refractivity contribution in [1.29, 1.82) is 0 Å². The van der Waals surface area contributed by atoms with Crippen LogP contribution in [0.5, 0.6) is 17.2 Å². The molecule has 0 saturated carbocycles. The van der Waals surface area contributed by atoms with Crippen LogP contribution in [0.25, 0.3) is 0 Å². The molecule has 0 radical (unpaired) electrons. The summed E-state index contributed by atoms with van der Waals surface area (Å²) >= 11 is 6.02. The Bertz CT molecular complexity index is 1140. The lowest BCUT2D eigenvalue weighted by atomic mass is 9.80. The zero-order chi connectivity index (χ0) is 22.9. The smallest absolute Gasteiger partial charge is 0.129 e. The second-order valence-corrected chi connectivity index (χ2v) is 9.38. The third-order valence-corrected chi connectivity index (χ3v) is 6.44. The van der Waals surface area contributed by atoms with E-state index in [1.165, 1.54) is 11.3 Å². The van der Waals surface area contributed by atoms with Crippen molar-refractivity contribution in [3.8, 4) is 17.2 Å². The zero-order valence-corrected chi connectivity index (χ0v) is 20.0. The van der Waals surface area contributed by atoms with Crippen LogP contribution in [-0.4, -0.2) is 25.9 Å². The molecule has 1 atom stereocenters. The average molecular weight is 449 g/mol. The molecule has 0 aromatic heterocycles. The maximum atomic E-state index is 6.02. The van der Waals surface area contributed by atoms with Crippen LogP contribution < -0.4 is 14.4 Å². The van der Waals surface area contributed by atoms with Gasteiger partial charge >= 0.3 is 0 Å². The Morgan fingerprint density at radius 2 is 1.81 bits per heavy atom. The fourth-order valence-corrected chi connectivity index (χ4v) is 4.48. The predicted octanol–water partition coefficient (Wildman–Crippen LogP) is 7.61. The molecule has 3 aromatic carbocycles. The highest BCUT2D eigenvalue weighted by molar-refractivity contribution is 6.30. The van der Waals surface area contributed by atoms with Gasteiger partial charge in [-0.05, 0) is 80.3 Å². The number of nitrogens with zero attached hydrogens (tertiary/aromatic N) is 2. The number of rotatable bonds is 5. The first-order chi connectivity index (χ1) is 15.3. The van der Waals surface area contributed by atoms with Crippen molar-refractivity contribution < 1.29 is 9.47 Å². The lowest BCUT2D eigenvalue weighted by Crippen LogP contribution is -2.45. The maximum absolute atomic E-state index is 6.02. The molecule has 4 nitrogen and oxygen atoms in total. The molecule has 1 heterocycles. The van der Waals surface area contributed by atoms with Gasteiger partial charge in [0.15, 0.2) is 0 Å². The summed E-state index contributed by atoms with van der Waals surface area (Å²) in [5, 5.41) is 0.645. The summed E-state index contributed by atoms with van der Waals surface area (Å²) in [4.78, 5) is 7.03. The van der Waals surface area contributed by atoms with Crippen molar-refractivity contribution in [2.45, 2.75) is 38.6 Å². The first-order valence-corrected chi connectivity index (χ1v) is 11.2. The van der Waals surface area contributed by atoms with Gasteiger partial charge in [-0.25, -0.2) is 0 Å². The topological polar surface area (TPSA) is 34.1 Å². The van der Waals surface area contributed by atoms with Gasteiger partial charge in [0, 0.05) is 41.1 Å². The fourth-order valence-electron chi connectivity index (χ4n) is 4.30. The lowest BCUT2D eigenvalue weighted by molar-refractivity contribution is 0.389. The van der Waals surface area contributed by atoms with Crippen molar-refractivity contribution in [3.05, 3.63) is 76.8 Å². The Morgan fingerprint density at radius 3 is 2.50 bits per heavy atom. The highest BCUT2D eigenvalue weighted by Gasteiger charge is 2.34. The van der Waals surface area contributed by atoms with Crippen LogP contribution in [0.1, 0.15) is 44.2 Å². The van der Waals surface area contributed by atoms with Crippen LogP contribution in [0.4, 0.5) is 11.4 Å². The van der Waals surface area contributed by atoms with Crippen molar-refractivity contribution >= 4 is 29.2 Å². The summed E-state index contributed by atoms with van der Waals surface area (Å²) in [5.41, 5.74) is 4.49. The molecule has 0 spiro atoms. The number of aliphatic imine (C=N–C) groups is 1. The van der Waals surface area contributed by atoms with E-state index in [0.29, 0.717) is 16.7 Å². The molecule has 0 fully saturated rings. The monoisotopic (exact) mass is 448 g/mol. The quantitative estimate of drug-likeness (QED) is 0.376. The van der Waals surface area contributed by atoms with Gasteiger partial charge < -0.3 is 14.4 Å². The number of halogens is 1. The van der Waals surface area contributed by atoms with Crippen LogP contribution in [-0.2, 0) is 0 Å². The summed E-state index contributed by atoms with van der Waals surface area (Å²) in [6, 6.07) is 19.4. The van der Waals surface area contributed by atoms with Gasteiger partial charge in [-0.1, -0.05) is 24.6 Å². The summed E-state index contributed by atoms with van der Waals surface area (Å²) in [6.45, 7) is 6.86. The van der Waals surface area contributed by atoms with E-state index in [1.54, 1.807) is 13.2 Å². The van der Waals surface area contributed by atoms with Gasteiger partial charge in [0.2, 0.25) is 0 Å². The van der Waals surface area contributed by atoms with Crippen molar-refractivity contribution in [2.24, 2.45) is 4.99 Å². The molecule has 0 saturated heterocycles. The summed E-state index contributed by atoms with van der Waals surface area (Å²) in [6.07, 6.45) is 2.98. The van der Waals surface area contributed by atoms with Gasteiger partial charge in [-0.15, -0.1) is 0 Å². The van der Waals surface area contributed by atoms with E-state index in [9.17, 15) is 0 Å². The number of ether oxygens (including phenoxy) is 2. The highest BCUT2D eigenvalue weighted by atomic mass is 35.5. The van der Waals surface area contributed by atoms with Crippen LogP contribution in [0.3, 0.4) is 0 Å². The first kappa shape index (κ1) is 22.2. The molecule has 32 heavy (non-hydrogen) atoms. The van der Waals surface area contributed by atoms with E-state index in [0.717, 1.165) is 29.2 Å². The second kappa shape index (κ2) is 8.87. The molecule has 4 rings (SSSR count). The molecule has 0 aliphatic carbocycles. The molecule has 1 unspecified atom stereocenters. The summed E-state index contributed by atoms with van der Waals surface area (Å²) in [5.74, 6) is 2.73. The molecule has 0 N–H and O–H groups in total. The standard InChI is InChI=1S/C27H29ClN2O2/c1-18-16-27(2,3)30(4)25-15-26(31-5)19(13-24(18)25)17-29-21-9-11-22(12-10-21)32-23-8-6-7-20(28)14-23/h6-15,17-18H,16H2,1-5H3. The summed E-state index contributed by atoms with van der Waals surface area (Å²) < 4.78 is 11.6. The van der Waals surface area contributed by atoms with E-state index < -0.39 is 0 Å². The molecule has 0 amide bonds. The van der Waals surface area contributed by atoms with Gasteiger partial charge in [-0.2, -0.15) is 0 Å². The Hall–Kier alpha value is -2.98. The van der Waals surface area contributed by atoms with Gasteiger partial charge in [0.1, 0.15) is 17.2 Å². The Labute approximate surface area is 195 Å². The molecular formula is C27H29ClN2O2. The molecule has 0 bridgehead atoms. The maximum Gasteiger partial charge on any atom is 0.129 e. The third kappa shape index (κ3) is 4.61. The molecule has 3 aromatic rings. The predicted molar refractivity (Wildman–Crippen MR) is 134 cm³/mol. The normalized spacial score (nSPS) is 17.3. The second-order valence-electron chi connectivity index (χ2n) is 8.94. The van der Waals surface area contributed by atoms with Gasteiger partial charge in [-0.3, -0.25) is 4.99 Å². The number of methoxy groups -OCH3 is 1. The molecular weight excluding hydrogens is 420 g/mol. The van der Waals surface area contributed by atoms with Crippen molar-refractivity contribution in [3.63, 3.8) is 0 Å². The largest absolute Gasteiger partial charge is 0.496 e. The summed E-state index contributed by atoms with van der Waals surface area (Å²) in [7, 11) is 3.86. The fraction of sp³-hybridized carbons (Fsp3) is 0.296. The van der Waals surface area contributed by atoms with Crippen LogP contribution in [0, 0.1) is 0 Å². The lowest BCUT2D eigenvalue weighted by Gasteiger charge is -2.45. The SMILES string of the molecule is COc1cc2c(cc1C=Nc1ccc(Oc3cccc(Cl)c3)cc1)C(C)CC(C)(C)N2C. The van der Waals surface area contributed by atoms with E-state index in [2.05, 4.69) is 49.8 Å². The van der Waals surface area contributed by atoms with Crippen LogP contribution in [0.2, 0.25) is 5.02 Å². The first-order valence-electron chi connectivity index (χ1n) is 10.8. The number of anilines is 1. The van der Waals surface area contributed by atoms with E-state index >= 15 is 0 Å². The molecule has 5 heteroatoms. The van der Waals surface area contributed by atoms with E-state index in [4.69, 9.17) is 21.1 Å². The van der Waals surface area contributed by atoms with Crippen LogP contribution in [0.15, 0.2) is 65.7 Å². The Morgan fingerprint density at radius 1 is 1.06 bits per heavy atom. The van der Waals surface area contributed by atoms with Crippen molar-refractivity contribution in [1.82, 2.24) is 0 Å². The highest BCUT2D eigenvalue weighted by Crippen LogP contribution is 2.44. The number of hydrogen-bond acceptors (Lipinski definition) is 4. The number of fused-ring (bicyclic) bond motifs is 1. The van der Waals surface area contributed by atoms with Crippen molar-refractivity contribution in [2.75, 3.05) is 19.1 Å². The van der Waals surface area contributed by atoms with Gasteiger partial charge in [0.05, 0.1) is 12.8 Å². The Balaban J connectivity index is 1.56. The zero-order valence-electron chi connectivity index (χ0n) is 19.2. The minimum Gasteiger partial charge on any atom is -0.496 e.